The van der Waals surface area contributed by atoms with E-state index in [9.17, 15) is 4.79 Å². The Kier molecular flexibility index (Phi) is 5.40. The molecule has 5 heteroatoms. The lowest BCUT2D eigenvalue weighted by molar-refractivity contribution is -0.130. The van der Waals surface area contributed by atoms with Crippen LogP contribution in [0.5, 0.6) is 0 Å². The van der Waals surface area contributed by atoms with Gasteiger partial charge in [0.25, 0.3) is 0 Å². The van der Waals surface area contributed by atoms with Gasteiger partial charge in [-0.15, -0.1) is 12.4 Å². The van der Waals surface area contributed by atoms with Gasteiger partial charge in [-0.05, 0) is 36.9 Å². The normalized spacial score (nSPS) is 24.6. The van der Waals surface area contributed by atoms with Crippen LogP contribution in [0.25, 0.3) is 0 Å². The van der Waals surface area contributed by atoms with E-state index in [0.717, 1.165) is 25.8 Å². The fraction of sp³-hybridized carbons (Fsp3) is 0.533. The molecule has 20 heavy (non-hydrogen) atoms. The highest BCUT2D eigenvalue weighted by Gasteiger charge is 2.25. The van der Waals surface area contributed by atoms with Crippen LogP contribution in [0.2, 0.25) is 0 Å². The molecule has 1 fully saturated rings. The third kappa shape index (κ3) is 3.32. The van der Waals surface area contributed by atoms with Crippen molar-refractivity contribution in [1.82, 2.24) is 10.6 Å². The smallest absolute Gasteiger partial charge is 0.249 e. The number of nitrogens with one attached hydrogen (secondary N) is 2. The summed E-state index contributed by atoms with van der Waals surface area (Å²) >= 11 is 0. The van der Waals surface area contributed by atoms with Gasteiger partial charge in [0.2, 0.25) is 5.91 Å². The number of amides is 1. The topological polar surface area (TPSA) is 50.4 Å². The lowest BCUT2D eigenvalue weighted by Crippen LogP contribution is -2.42. The zero-order valence-electron chi connectivity index (χ0n) is 11.4. The molecule has 1 saturated heterocycles. The Balaban J connectivity index is 0.00000147. The molecule has 3 rings (SSSR count). The molecule has 2 atom stereocenters. The van der Waals surface area contributed by atoms with Crippen molar-refractivity contribution in [3.05, 3.63) is 35.4 Å². The maximum absolute atomic E-state index is 11.9. The van der Waals surface area contributed by atoms with Gasteiger partial charge in [0, 0.05) is 19.2 Å². The second kappa shape index (κ2) is 7.07. The van der Waals surface area contributed by atoms with E-state index in [4.69, 9.17) is 4.74 Å². The van der Waals surface area contributed by atoms with Gasteiger partial charge in [0.05, 0.1) is 0 Å². The van der Waals surface area contributed by atoms with E-state index in [2.05, 4.69) is 34.9 Å². The minimum atomic E-state index is -0.237. The van der Waals surface area contributed by atoms with E-state index < -0.39 is 0 Å². The zero-order valence-corrected chi connectivity index (χ0v) is 12.2. The Bertz CT molecular complexity index is 461. The van der Waals surface area contributed by atoms with Crippen molar-refractivity contribution in [1.29, 1.82) is 0 Å². The van der Waals surface area contributed by atoms with Gasteiger partial charge in [0.15, 0.2) is 0 Å². The maximum Gasteiger partial charge on any atom is 0.249 e. The minimum Gasteiger partial charge on any atom is -0.368 e. The Morgan fingerprint density at radius 1 is 1.40 bits per heavy atom. The van der Waals surface area contributed by atoms with Gasteiger partial charge in [-0.3, -0.25) is 4.79 Å². The van der Waals surface area contributed by atoms with Crippen molar-refractivity contribution in [2.45, 2.75) is 31.4 Å². The van der Waals surface area contributed by atoms with Crippen LogP contribution in [0.3, 0.4) is 0 Å². The van der Waals surface area contributed by atoms with Crippen LogP contribution < -0.4 is 10.6 Å². The summed E-state index contributed by atoms with van der Waals surface area (Å²) in [5, 5.41) is 6.47. The molecule has 2 N–H and O–H groups in total. The third-order valence-electron chi connectivity index (χ3n) is 3.92. The zero-order chi connectivity index (χ0) is 13.1. The summed E-state index contributed by atoms with van der Waals surface area (Å²) in [5.74, 6) is 0.0300. The summed E-state index contributed by atoms with van der Waals surface area (Å²) in [4.78, 5) is 11.9. The first kappa shape index (κ1) is 15.3. The van der Waals surface area contributed by atoms with Gasteiger partial charge in [0.1, 0.15) is 6.10 Å². The van der Waals surface area contributed by atoms with Gasteiger partial charge in [-0.25, -0.2) is 0 Å². The standard InChI is InChI=1S/C15H20N2O2.ClH/c18-15(14-6-3-9-19-14)17-10-13-12-5-2-1-4-11(12)7-8-16-13;/h1-2,4-5,13-14,16H,3,6-10H2,(H,17,18);1H/t13?,14-;/m0./s1. The second-order valence-electron chi connectivity index (χ2n) is 5.20. The number of rotatable bonds is 3. The van der Waals surface area contributed by atoms with Crippen molar-refractivity contribution in [3.63, 3.8) is 0 Å². The Labute approximate surface area is 125 Å². The summed E-state index contributed by atoms with van der Waals surface area (Å²) in [6, 6.07) is 8.66. The lowest BCUT2D eigenvalue weighted by atomic mass is 9.94. The highest BCUT2D eigenvalue weighted by molar-refractivity contribution is 5.85. The molecule has 2 heterocycles. The van der Waals surface area contributed by atoms with Crippen molar-refractivity contribution in [2.24, 2.45) is 0 Å². The van der Waals surface area contributed by atoms with Crippen LogP contribution in [0, 0.1) is 0 Å². The lowest BCUT2D eigenvalue weighted by Gasteiger charge is -2.27. The van der Waals surface area contributed by atoms with E-state index in [1.165, 1.54) is 11.1 Å². The quantitative estimate of drug-likeness (QED) is 0.891. The summed E-state index contributed by atoms with van der Waals surface area (Å²) in [5.41, 5.74) is 2.69. The highest BCUT2D eigenvalue weighted by atomic mass is 35.5. The molecule has 4 nitrogen and oxygen atoms in total. The van der Waals surface area contributed by atoms with E-state index >= 15 is 0 Å². The van der Waals surface area contributed by atoms with Crippen molar-refractivity contribution in [3.8, 4) is 0 Å². The van der Waals surface area contributed by atoms with Gasteiger partial charge in [-0.1, -0.05) is 24.3 Å². The summed E-state index contributed by atoms with van der Waals surface area (Å²) in [6.07, 6.45) is 2.66. The fourth-order valence-corrected chi connectivity index (χ4v) is 2.88. The minimum absolute atomic E-state index is 0. The molecule has 0 spiro atoms. The molecule has 0 aliphatic carbocycles. The maximum atomic E-state index is 11.9. The molecule has 0 aromatic heterocycles. The van der Waals surface area contributed by atoms with E-state index in [1.807, 2.05) is 0 Å². The predicted octanol–water partition coefficient (Wildman–Crippen LogP) is 1.59. The Hall–Kier alpha value is -1.10. The average Bonchev–Trinajstić information content (AvgIpc) is 2.99. The van der Waals surface area contributed by atoms with Gasteiger partial charge < -0.3 is 15.4 Å². The van der Waals surface area contributed by atoms with Crippen LogP contribution in [-0.2, 0) is 16.0 Å². The van der Waals surface area contributed by atoms with Crippen molar-refractivity contribution >= 4 is 18.3 Å². The summed E-state index contributed by atoms with van der Waals surface area (Å²) < 4.78 is 5.39. The number of carbonyl (C=O) groups excluding carboxylic acids is 1. The van der Waals surface area contributed by atoms with Crippen molar-refractivity contribution in [2.75, 3.05) is 19.7 Å². The summed E-state index contributed by atoms with van der Waals surface area (Å²) in [6.45, 7) is 2.32. The molecule has 0 saturated carbocycles. The number of halogens is 1. The van der Waals surface area contributed by atoms with Crippen LogP contribution >= 0.6 is 12.4 Å². The Morgan fingerprint density at radius 3 is 3.05 bits per heavy atom. The molecule has 2 aliphatic rings. The first-order chi connectivity index (χ1) is 9.34. The molecule has 0 radical (unpaired) electrons. The fourth-order valence-electron chi connectivity index (χ4n) is 2.88. The van der Waals surface area contributed by atoms with Gasteiger partial charge in [-0.2, -0.15) is 0 Å². The summed E-state index contributed by atoms with van der Waals surface area (Å²) in [7, 11) is 0. The van der Waals surface area contributed by atoms with Crippen LogP contribution in [0.15, 0.2) is 24.3 Å². The van der Waals surface area contributed by atoms with E-state index in [0.29, 0.717) is 13.2 Å². The molecule has 110 valence electrons. The molecule has 1 aromatic carbocycles. The molecule has 2 aliphatic heterocycles. The number of fused-ring (bicyclic) bond motifs is 1. The number of benzene rings is 1. The monoisotopic (exact) mass is 296 g/mol. The number of carbonyl (C=O) groups is 1. The second-order valence-corrected chi connectivity index (χ2v) is 5.20. The Morgan fingerprint density at radius 2 is 2.25 bits per heavy atom. The first-order valence-corrected chi connectivity index (χ1v) is 7.05. The highest BCUT2D eigenvalue weighted by Crippen LogP contribution is 2.22. The van der Waals surface area contributed by atoms with Gasteiger partial charge >= 0.3 is 0 Å². The van der Waals surface area contributed by atoms with Crippen LogP contribution in [0.1, 0.15) is 30.0 Å². The van der Waals surface area contributed by atoms with Crippen molar-refractivity contribution < 1.29 is 9.53 Å². The molecule has 1 unspecified atom stereocenters. The number of hydrogen-bond donors (Lipinski definition) is 2. The molecular formula is C15H21ClN2O2. The van der Waals surface area contributed by atoms with E-state index in [1.54, 1.807) is 0 Å². The average molecular weight is 297 g/mol. The largest absolute Gasteiger partial charge is 0.368 e. The predicted molar refractivity (Wildman–Crippen MR) is 80.1 cm³/mol. The molecule has 1 amide bonds. The molecule has 0 bridgehead atoms. The first-order valence-electron chi connectivity index (χ1n) is 7.05. The van der Waals surface area contributed by atoms with E-state index in [-0.39, 0.29) is 30.5 Å². The van der Waals surface area contributed by atoms with Crippen LogP contribution in [0.4, 0.5) is 0 Å². The SMILES string of the molecule is Cl.O=C(NCC1NCCc2ccccc21)[C@@H]1CCCO1. The third-order valence-corrected chi connectivity index (χ3v) is 3.92. The number of hydrogen-bond acceptors (Lipinski definition) is 3. The molecule has 1 aromatic rings. The number of ether oxygens (including phenoxy) is 1. The van der Waals surface area contributed by atoms with Crippen LogP contribution in [-0.4, -0.2) is 31.7 Å². The molecular weight excluding hydrogens is 276 g/mol.